The van der Waals surface area contributed by atoms with Crippen LogP contribution in [0.15, 0.2) is 48.1 Å². The summed E-state index contributed by atoms with van der Waals surface area (Å²) in [7, 11) is 0. The molecule has 2 heteroatoms. The Kier molecular flexibility index (Phi) is 9.21. The van der Waals surface area contributed by atoms with Crippen molar-refractivity contribution in [2.24, 2.45) is 40.4 Å². The van der Waals surface area contributed by atoms with Crippen molar-refractivity contribution in [2.45, 2.75) is 112 Å². The van der Waals surface area contributed by atoms with Gasteiger partial charge in [0.15, 0.2) is 11.6 Å². The Morgan fingerprint density at radius 2 is 1.39 bits per heavy atom. The molecule has 3 aliphatic carbocycles. The molecule has 0 saturated heterocycles. The largest absolute Gasteiger partial charge is 0.293 e. The second-order valence-electron chi connectivity index (χ2n) is 13.8. The minimum Gasteiger partial charge on any atom is -0.293 e. The molecule has 0 spiro atoms. The van der Waals surface area contributed by atoms with Crippen molar-refractivity contribution in [1.82, 2.24) is 0 Å². The fraction of sp³-hybridized carbons (Fsp3) is 0.667. The number of fused-ring (bicyclic) bond motifs is 6. The van der Waals surface area contributed by atoms with Crippen LogP contribution < -0.4 is 0 Å². The maximum absolute atomic E-state index is 14.1. The first-order valence-corrected chi connectivity index (χ1v) is 15.6. The average Bonchev–Trinajstić information content (AvgIpc) is 3.47. The van der Waals surface area contributed by atoms with Gasteiger partial charge in [-0.1, -0.05) is 128 Å². The van der Waals surface area contributed by atoms with Crippen LogP contribution in [0.1, 0.15) is 133 Å². The lowest BCUT2D eigenvalue weighted by Gasteiger charge is -2.50. The van der Waals surface area contributed by atoms with E-state index >= 15 is 0 Å². The molecule has 2 nitrogen and oxygen atoms in total. The van der Waals surface area contributed by atoms with Crippen LogP contribution in [0.2, 0.25) is 0 Å². The lowest BCUT2D eigenvalue weighted by molar-refractivity contribution is 0.0242. The number of carbonyl (C=O) groups excluding carboxylic acids is 2. The van der Waals surface area contributed by atoms with E-state index in [1.165, 1.54) is 56.9 Å². The van der Waals surface area contributed by atoms with Crippen LogP contribution in [0.25, 0.3) is 0 Å². The van der Waals surface area contributed by atoms with Crippen LogP contribution in [-0.4, -0.2) is 11.6 Å². The van der Waals surface area contributed by atoms with Gasteiger partial charge >= 0.3 is 0 Å². The Balaban J connectivity index is 1.30. The van der Waals surface area contributed by atoms with E-state index in [0.717, 1.165) is 30.6 Å². The SMILES string of the molecule is C/C(=C\C[C@@]12C(=O)c3ccccc3C(=O)[C@]1(C)[C@@H]1C=C[C@H]2C1)CCC[C@H](C)CCC[C@H](C)CCCC(C)C. The molecule has 3 aliphatic rings. The van der Waals surface area contributed by atoms with Crippen molar-refractivity contribution < 1.29 is 9.59 Å². The normalized spacial score (nSPS) is 29.6. The molecule has 0 unspecified atom stereocenters. The highest BCUT2D eigenvalue weighted by Gasteiger charge is 2.71. The van der Waals surface area contributed by atoms with Crippen LogP contribution in [-0.2, 0) is 0 Å². The number of Topliss-reactive ketones (excluding diaryl/α,β-unsaturated/α-hetero) is 2. The van der Waals surface area contributed by atoms with Crippen molar-refractivity contribution in [3.8, 4) is 0 Å². The lowest BCUT2D eigenvalue weighted by atomic mass is 9.49. The smallest absolute Gasteiger partial charge is 0.171 e. The summed E-state index contributed by atoms with van der Waals surface area (Å²) in [6.45, 7) is 13.8. The molecule has 0 aromatic heterocycles. The first kappa shape index (κ1) is 29.0. The number of benzene rings is 1. The molecule has 0 amide bonds. The van der Waals surface area contributed by atoms with Crippen LogP contribution in [0, 0.1) is 40.4 Å². The summed E-state index contributed by atoms with van der Waals surface area (Å²) in [6.07, 6.45) is 20.1. The topological polar surface area (TPSA) is 34.1 Å². The molecule has 208 valence electrons. The van der Waals surface area contributed by atoms with Gasteiger partial charge in [-0.15, -0.1) is 0 Å². The third-order valence-corrected chi connectivity index (χ3v) is 10.6. The van der Waals surface area contributed by atoms with Crippen LogP contribution in [0.4, 0.5) is 0 Å². The van der Waals surface area contributed by atoms with E-state index in [9.17, 15) is 9.59 Å². The highest BCUT2D eigenvalue weighted by atomic mass is 16.1. The monoisotopic (exact) mass is 516 g/mol. The fourth-order valence-electron chi connectivity index (χ4n) is 7.98. The zero-order chi connectivity index (χ0) is 27.5. The summed E-state index contributed by atoms with van der Waals surface area (Å²) >= 11 is 0. The molecular formula is C36H52O2. The van der Waals surface area contributed by atoms with E-state index in [1.807, 2.05) is 24.3 Å². The number of hydrogen-bond donors (Lipinski definition) is 0. The Labute approximate surface area is 232 Å². The number of carbonyl (C=O) groups is 2. The third-order valence-electron chi connectivity index (χ3n) is 10.6. The Morgan fingerprint density at radius 1 is 0.842 bits per heavy atom. The molecular weight excluding hydrogens is 464 g/mol. The summed E-state index contributed by atoms with van der Waals surface area (Å²) < 4.78 is 0. The van der Waals surface area contributed by atoms with Crippen molar-refractivity contribution in [3.63, 3.8) is 0 Å². The number of allylic oxidation sites excluding steroid dienone is 4. The summed E-state index contributed by atoms with van der Waals surface area (Å²) in [6, 6.07) is 7.52. The highest BCUT2D eigenvalue weighted by Crippen LogP contribution is 2.69. The van der Waals surface area contributed by atoms with Gasteiger partial charge in [0.1, 0.15) is 0 Å². The highest BCUT2D eigenvalue weighted by molar-refractivity contribution is 6.20. The second-order valence-corrected chi connectivity index (χ2v) is 13.8. The van der Waals surface area contributed by atoms with E-state index in [4.69, 9.17) is 0 Å². The van der Waals surface area contributed by atoms with Crippen LogP contribution in [0.3, 0.4) is 0 Å². The number of hydrogen-bond acceptors (Lipinski definition) is 2. The zero-order valence-electron chi connectivity index (χ0n) is 25.0. The van der Waals surface area contributed by atoms with Crippen molar-refractivity contribution in [3.05, 3.63) is 59.2 Å². The molecule has 0 heterocycles. The molecule has 38 heavy (non-hydrogen) atoms. The lowest BCUT2D eigenvalue weighted by Crippen LogP contribution is -2.56. The van der Waals surface area contributed by atoms with Crippen molar-refractivity contribution >= 4 is 11.6 Å². The van der Waals surface area contributed by atoms with Gasteiger partial charge in [0, 0.05) is 11.1 Å². The standard InChI is InChI=1S/C36H52O2/c1-25(2)12-9-13-26(3)14-10-15-27(4)16-11-17-28(5)22-23-36-30-21-20-29(24-30)35(36,6)33(37)31-18-7-8-19-32(31)34(36)38/h7-8,18-22,25-27,29-30H,9-17,23-24H2,1-6H3/b28-22+/t26-,27-,29-,30+,35+,36-/m1/s1. The van der Waals surface area contributed by atoms with E-state index < -0.39 is 10.8 Å². The summed E-state index contributed by atoms with van der Waals surface area (Å²) in [4.78, 5) is 27.9. The summed E-state index contributed by atoms with van der Waals surface area (Å²) in [5.74, 6) is 3.18. The molecule has 0 radical (unpaired) electrons. The average molecular weight is 517 g/mol. The predicted molar refractivity (Wildman–Crippen MR) is 159 cm³/mol. The van der Waals surface area contributed by atoms with E-state index in [-0.39, 0.29) is 23.4 Å². The molecule has 1 saturated carbocycles. The Bertz CT molecular complexity index is 1060. The van der Waals surface area contributed by atoms with Gasteiger partial charge in [-0.2, -0.15) is 0 Å². The Hall–Kier alpha value is -1.96. The molecule has 0 N–H and O–H groups in total. The summed E-state index contributed by atoms with van der Waals surface area (Å²) in [5, 5.41) is 0. The number of rotatable bonds is 14. The molecule has 0 aliphatic heterocycles. The quantitative estimate of drug-likeness (QED) is 0.230. The predicted octanol–water partition coefficient (Wildman–Crippen LogP) is 10.0. The maximum Gasteiger partial charge on any atom is 0.171 e. The fourth-order valence-corrected chi connectivity index (χ4v) is 7.98. The molecule has 1 fully saturated rings. The van der Waals surface area contributed by atoms with Gasteiger partial charge in [-0.3, -0.25) is 9.59 Å². The first-order valence-electron chi connectivity index (χ1n) is 15.6. The molecule has 6 atom stereocenters. The minimum absolute atomic E-state index is 0.166. The minimum atomic E-state index is -0.630. The van der Waals surface area contributed by atoms with Crippen molar-refractivity contribution in [1.29, 1.82) is 0 Å². The van der Waals surface area contributed by atoms with Crippen molar-refractivity contribution in [2.75, 3.05) is 0 Å². The summed E-state index contributed by atoms with van der Waals surface area (Å²) in [5.41, 5.74) is 1.40. The van der Waals surface area contributed by atoms with E-state index in [2.05, 4.69) is 59.8 Å². The maximum atomic E-state index is 14.1. The van der Waals surface area contributed by atoms with E-state index in [0.29, 0.717) is 17.5 Å². The van der Waals surface area contributed by atoms with E-state index in [1.54, 1.807) is 0 Å². The second kappa shape index (κ2) is 12.1. The molecule has 1 aromatic rings. The Morgan fingerprint density at radius 3 is 2.03 bits per heavy atom. The molecule has 1 aromatic carbocycles. The molecule has 4 rings (SSSR count). The third kappa shape index (κ3) is 5.39. The zero-order valence-corrected chi connectivity index (χ0v) is 25.0. The van der Waals surface area contributed by atoms with Gasteiger partial charge in [-0.25, -0.2) is 0 Å². The van der Waals surface area contributed by atoms with Crippen LogP contribution >= 0.6 is 0 Å². The van der Waals surface area contributed by atoms with Crippen LogP contribution in [0.5, 0.6) is 0 Å². The van der Waals surface area contributed by atoms with Gasteiger partial charge in [0.2, 0.25) is 0 Å². The first-order chi connectivity index (χ1) is 18.1. The molecule has 2 bridgehead atoms. The van der Waals surface area contributed by atoms with Gasteiger partial charge < -0.3 is 0 Å². The van der Waals surface area contributed by atoms with Gasteiger partial charge in [0.25, 0.3) is 0 Å². The van der Waals surface area contributed by atoms with Gasteiger partial charge in [0.05, 0.1) is 10.8 Å². The number of ketones is 2. The van der Waals surface area contributed by atoms with Gasteiger partial charge in [-0.05, 0) is 62.2 Å².